The van der Waals surface area contributed by atoms with Gasteiger partial charge in [0.15, 0.2) is 0 Å². The van der Waals surface area contributed by atoms with Crippen molar-refractivity contribution in [3.8, 4) is 0 Å². The summed E-state index contributed by atoms with van der Waals surface area (Å²) in [6.07, 6.45) is 0. The summed E-state index contributed by atoms with van der Waals surface area (Å²) in [6, 6.07) is 98.1. The fourth-order valence-electron chi connectivity index (χ4n) is 6.54. The first kappa shape index (κ1) is 46.4. The molecule has 5 heteroatoms. The molecule has 9 rings (SSSR count). The Labute approximate surface area is 390 Å². The molecular formula is C55H48OPRhSb2. The molecule has 2 radical (unpaired) electrons. The van der Waals surface area contributed by atoms with E-state index in [1.165, 1.54) is 37.0 Å². The topological polar surface area (TPSA) is 17.1 Å². The third-order valence-corrected chi connectivity index (χ3v) is 25.5. The minimum Gasteiger partial charge on any atom is -0.0622 e. The summed E-state index contributed by atoms with van der Waals surface area (Å²) in [5.74, 6) is 0. The number of hydrogen-bond acceptors (Lipinski definition) is 1. The summed E-state index contributed by atoms with van der Waals surface area (Å²) in [4.78, 5) is 7.50. The Morgan fingerprint density at radius 1 is 0.250 bits per heavy atom. The van der Waals surface area contributed by atoms with Gasteiger partial charge in [-0.25, -0.2) is 0 Å². The molecule has 0 aromatic heterocycles. The zero-order chi connectivity index (χ0) is 40.7. The zero-order valence-corrected chi connectivity index (χ0v) is 40.7. The van der Waals surface area contributed by atoms with Gasteiger partial charge in [0.2, 0.25) is 0 Å². The summed E-state index contributed by atoms with van der Waals surface area (Å²) >= 11 is -3.65. The Morgan fingerprint density at radius 3 is 0.533 bits per heavy atom. The van der Waals surface area contributed by atoms with Crippen LogP contribution in [0.5, 0.6) is 0 Å². The van der Waals surface area contributed by atoms with E-state index in [-0.39, 0.29) is 23.8 Å². The molecule has 0 atom stereocenters. The molecule has 0 heterocycles. The smallest absolute Gasteiger partial charge is 0.0134 e. The van der Waals surface area contributed by atoms with Crippen molar-refractivity contribution >= 4 is 92.1 Å². The van der Waals surface area contributed by atoms with Gasteiger partial charge in [-0.3, -0.25) is 4.79 Å². The summed E-state index contributed by atoms with van der Waals surface area (Å²) in [6.45, 7) is 4.50. The van der Waals surface area contributed by atoms with Gasteiger partial charge in [-0.15, -0.1) is 0 Å². The molecule has 0 saturated heterocycles. The quantitative estimate of drug-likeness (QED) is 0.107. The van der Waals surface area contributed by atoms with Gasteiger partial charge >= 0.3 is 263 Å². The van der Waals surface area contributed by atoms with Gasteiger partial charge in [0.1, 0.15) is 0 Å². The summed E-state index contributed by atoms with van der Waals surface area (Å²) in [5, 5.41) is 4.19. The van der Waals surface area contributed by atoms with Gasteiger partial charge in [-0.05, 0) is 23.8 Å². The van der Waals surface area contributed by atoms with Gasteiger partial charge in [0, 0.05) is 0 Å². The SMILES string of the molecule is [C]=O.[H-].[H-].[H-].[Rh+3].c1cc[c]([Sb]([c]2ccccc2)[c]2ccccc2)cc1.c1cc[c]([Sb]([c]2ccccc2)[c]2ccccc2)cc1.c1ccc(P(c2ccccc2)c2ccccc2)cc1. The maximum absolute atomic E-state index is 7.50. The first-order valence-corrected chi connectivity index (χ1v) is 28.4. The second kappa shape index (κ2) is 26.5. The molecule has 9 aromatic carbocycles. The Hall–Kier alpha value is -4.66. The molecule has 298 valence electrons. The van der Waals surface area contributed by atoms with E-state index in [9.17, 15) is 0 Å². The van der Waals surface area contributed by atoms with E-state index in [1.807, 2.05) is 0 Å². The molecule has 0 aliphatic carbocycles. The molecule has 0 saturated carbocycles. The van der Waals surface area contributed by atoms with E-state index in [0.29, 0.717) is 0 Å². The van der Waals surface area contributed by atoms with Crippen molar-refractivity contribution in [2.24, 2.45) is 0 Å². The first-order valence-electron chi connectivity index (χ1n) is 19.4. The molecule has 0 spiro atoms. The van der Waals surface area contributed by atoms with Crippen molar-refractivity contribution in [3.63, 3.8) is 0 Å². The molecule has 0 fully saturated rings. The molecule has 9 aromatic rings. The third kappa shape index (κ3) is 13.7. The molecular weight excluding hydrogens is 1050 g/mol. The van der Waals surface area contributed by atoms with Gasteiger partial charge < -0.3 is 4.28 Å². The predicted molar refractivity (Wildman–Crippen MR) is 262 cm³/mol. The van der Waals surface area contributed by atoms with Crippen LogP contribution in [0, 0.1) is 0 Å². The fraction of sp³-hybridized carbons (Fsp3) is 0. The van der Waals surface area contributed by atoms with E-state index < -0.39 is 48.3 Å². The summed E-state index contributed by atoms with van der Waals surface area (Å²) < 4.78 is 9.10. The summed E-state index contributed by atoms with van der Waals surface area (Å²) in [5.41, 5.74) is 0. The Bertz CT molecular complexity index is 1910. The molecule has 0 amide bonds. The van der Waals surface area contributed by atoms with Crippen molar-refractivity contribution in [2.45, 2.75) is 0 Å². The average Bonchev–Trinajstić information content (AvgIpc) is 3.34. The third-order valence-electron chi connectivity index (χ3n) is 9.13. The number of rotatable bonds is 9. The van der Waals surface area contributed by atoms with E-state index in [4.69, 9.17) is 4.79 Å². The zero-order valence-electron chi connectivity index (χ0n) is 36.1. The average molecular weight is 1100 g/mol. The monoisotopic (exact) mass is 1100 g/mol. The van der Waals surface area contributed by atoms with Crippen LogP contribution in [-0.2, 0) is 24.3 Å². The molecule has 0 bridgehead atoms. The molecule has 1 nitrogen and oxygen atoms in total. The van der Waals surface area contributed by atoms with Crippen LogP contribution >= 0.6 is 7.92 Å². The van der Waals surface area contributed by atoms with Crippen LogP contribution in [0.25, 0.3) is 0 Å². The molecule has 0 aliphatic heterocycles. The summed E-state index contributed by atoms with van der Waals surface area (Å²) in [7, 11) is -0.446. The van der Waals surface area contributed by atoms with E-state index in [2.05, 4.69) is 280 Å². The minimum atomic E-state index is -1.83. The Balaban J connectivity index is 0.000000309. The molecule has 0 N–H and O–H groups in total. The second-order valence-corrected chi connectivity index (χ2v) is 27.9. The van der Waals surface area contributed by atoms with Gasteiger partial charge in [-0.1, -0.05) is 91.0 Å². The van der Waals surface area contributed by atoms with E-state index in [1.54, 1.807) is 0 Å². The van der Waals surface area contributed by atoms with Gasteiger partial charge in [0.05, 0.1) is 0 Å². The van der Waals surface area contributed by atoms with Crippen LogP contribution in [0.2, 0.25) is 0 Å². The van der Waals surface area contributed by atoms with Crippen molar-refractivity contribution in [3.05, 3.63) is 273 Å². The van der Waals surface area contributed by atoms with Crippen LogP contribution in [0.4, 0.5) is 0 Å². The van der Waals surface area contributed by atoms with Crippen LogP contribution in [0.15, 0.2) is 273 Å². The van der Waals surface area contributed by atoms with Gasteiger partial charge in [0.25, 0.3) is 6.79 Å². The van der Waals surface area contributed by atoms with Crippen LogP contribution in [-0.4, -0.2) is 47.2 Å². The van der Waals surface area contributed by atoms with Crippen molar-refractivity contribution in [1.29, 1.82) is 0 Å². The predicted octanol–water partition coefficient (Wildman–Crippen LogP) is 7.79. The Morgan fingerprint density at radius 2 is 0.383 bits per heavy atom. The standard InChI is InChI=1S/C18H15P.6C6H5.CO.Rh.2Sb.3H/c1-4-10-16(11-5-1)19(17-12-6-2-7-13-17)18-14-8-3-9-15-18;6*1-2-4-6-5-3-1;1-2;;;;;;/h1-15H;6*1-5H;;;;;;;/q;;;;;;;;+3;;;3*-1. The van der Waals surface area contributed by atoms with Crippen molar-refractivity contribution in [2.75, 3.05) is 0 Å². The molecule has 60 heavy (non-hydrogen) atoms. The normalized spacial score (nSPS) is 10.1. The maximum atomic E-state index is 7.50. The second-order valence-electron chi connectivity index (χ2n) is 13.0. The number of carbonyl (C=O) groups excluding carboxylic acids is 1. The Kier molecular flexibility index (Phi) is 20.5. The maximum Gasteiger partial charge on any atom is -0.0134 e. The molecule has 0 unspecified atom stereocenters. The van der Waals surface area contributed by atoms with Crippen molar-refractivity contribution < 1.29 is 28.6 Å². The van der Waals surface area contributed by atoms with Crippen LogP contribution < -0.4 is 37.0 Å². The van der Waals surface area contributed by atoms with Crippen LogP contribution in [0.1, 0.15) is 4.28 Å². The minimum absolute atomic E-state index is 0. The van der Waals surface area contributed by atoms with E-state index in [0.717, 1.165) is 0 Å². The fourth-order valence-corrected chi connectivity index (χ4v) is 22.0. The van der Waals surface area contributed by atoms with Crippen molar-refractivity contribution in [1.82, 2.24) is 0 Å². The first-order chi connectivity index (χ1) is 29.3. The number of benzene rings is 9. The van der Waals surface area contributed by atoms with Gasteiger partial charge in [-0.2, -0.15) is 0 Å². The number of hydrogen-bond donors (Lipinski definition) is 0. The van der Waals surface area contributed by atoms with Crippen LogP contribution in [0.3, 0.4) is 0 Å². The molecule has 0 aliphatic rings. The van der Waals surface area contributed by atoms with E-state index >= 15 is 0 Å². The largest absolute Gasteiger partial charge is 0.0622 e.